The largest absolute Gasteiger partial charge is 0.378 e. The Morgan fingerprint density at radius 2 is 1.50 bits per heavy atom. The number of nitrogens with one attached hydrogen (secondary N) is 1. The first-order chi connectivity index (χ1) is 17.5. The highest BCUT2D eigenvalue weighted by atomic mass is 32.1. The molecule has 0 bridgehead atoms. The third-order valence-corrected chi connectivity index (χ3v) is 9.46. The van der Waals surface area contributed by atoms with E-state index >= 15 is 0 Å². The minimum atomic E-state index is 0.0290. The third-order valence-electron chi connectivity index (χ3n) is 8.10. The molecule has 1 unspecified atom stereocenters. The Morgan fingerprint density at radius 1 is 0.778 bits per heavy atom. The SMILES string of the molecule is Cc1c(-c2ccccc2NC2C=c3ccccc3=CC2)ccc2c3c(sc12)-c1ccccc1C3(C)C. The molecule has 1 N–H and O–H groups in total. The summed E-state index contributed by atoms with van der Waals surface area (Å²) in [6, 6.07) is 31.4. The zero-order valence-corrected chi connectivity index (χ0v) is 21.7. The molecule has 7 rings (SSSR count). The van der Waals surface area contributed by atoms with Gasteiger partial charge in [0.2, 0.25) is 0 Å². The highest BCUT2D eigenvalue weighted by Crippen LogP contribution is 2.56. The monoisotopic (exact) mass is 483 g/mol. The molecule has 0 radical (unpaired) electrons. The number of hydrogen-bond donors (Lipinski definition) is 1. The highest BCUT2D eigenvalue weighted by Gasteiger charge is 2.38. The van der Waals surface area contributed by atoms with Crippen LogP contribution in [0.25, 0.3) is 43.8 Å². The van der Waals surface area contributed by atoms with Crippen LogP contribution in [-0.2, 0) is 5.41 Å². The second kappa shape index (κ2) is 7.94. The Hall–Kier alpha value is -3.62. The van der Waals surface area contributed by atoms with Gasteiger partial charge in [-0.15, -0.1) is 11.3 Å². The fourth-order valence-corrected chi connectivity index (χ4v) is 7.79. The molecule has 1 nitrogen and oxygen atoms in total. The Balaban J connectivity index is 1.33. The minimum Gasteiger partial charge on any atom is -0.378 e. The van der Waals surface area contributed by atoms with E-state index < -0.39 is 0 Å². The predicted octanol–water partition coefficient (Wildman–Crippen LogP) is 7.63. The summed E-state index contributed by atoms with van der Waals surface area (Å²) in [5, 5.41) is 7.90. The molecular formula is C34H29NS. The van der Waals surface area contributed by atoms with Crippen LogP contribution >= 0.6 is 11.3 Å². The molecule has 2 aliphatic carbocycles. The van der Waals surface area contributed by atoms with Crippen LogP contribution < -0.4 is 15.8 Å². The first-order valence-electron chi connectivity index (χ1n) is 12.8. The lowest BCUT2D eigenvalue weighted by Gasteiger charge is -2.22. The summed E-state index contributed by atoms with van der Waals surface area (Å²) >= 11 is 1.97. The van der Waals surface area contributed by atoms with Crippen molar-refractivity contribution in [2.45, 2.75) is 38.6 Å². The summed E-state index contributed by atoms with van der Waals surface area (Å²) in [5.74, 6) is 0. The summed E-state index contributed by atoms with van der Waals surface area (Å²) in [6.45, 7) is 7.06. The summed E-state index contributed by atoms with van der Waals surface area (Å²) in [7, 11) is 0. The number of fused-ring (bicyclic) bond motifs is 6. The van der Waals surface area contributed by atoms with Crippen LogP contribution in [0.5, 0.6) is 0 Å². The number of hydrogen-bond acceptors (Lipinski definition) is 2. The average molecular weight is 484 g/mol. The van der Waals surface area contributed by atoms with Crippen LogP contribution in [0.4, 0.5) is 5.69 Å². The van der Waals surface area contributed by atoms with E-state index in [9.17, 15) is 0 Å². The molecule has 0 aliphatic heterocycles. The maximum absolute atomic E-state index is 3.85. The first kappa shape index (κ1) is 21.6. The van der Waals surface area contributed by atoms with Crippen LogP contribution in [0, 0.1) is 6.92 Å². The standard InChI is InChI=1S/C34H29NS/c1-21-25(18-19-28-31-33(36-32(21)28)27-13-6-8-14-29(27)34(31,2)3)26-12-7-9-15-30(26)35-24-17-16-22-10-4-5-11-23(22)20-24/h4-16,18-20,24,35H,17H2,1-3H3. The molecule has 5 aromatic rings. The van der Waals surface area contributed by atoms with Gasteiger partial charge in [-0.05, 0) is 63.1 Å². The van der Waals surface area contributed by atoms with Crippen molar-refractivity contribution in [3.63, 3.8) is 0 Å². The van der Waals surface area contributed by atoms with Gasteiger partial charge in [0, 0.05) is 32.3 Å². The Labute approximate surface area is 216 Å². The maximum Gasteiger partial charge on any atom is 0.0488 e. The molecule has 4 aromatic carbocycles. The van der Waals surface area contributed by atoms with Crippen molar-refractivity contribution in [1.29, 1.82) is 0 Å². The van der Waals surface area contributed by atoms with Crippen molar-refractivity contribution in [1.82, 2.24) is 0 Å². The first-order valence-corrected chi connectivity index (χ1v) is 13.6. The van der Waals surface area contributed by atoms with Crippen LogP contribution in [0.15, 0.2) is 84.9 Å². The van der Waals surface area contributed by atoms with Gasteiger partial charge < -0.3 is 5.32 Å². The third kappa shape index (κ3) is 3.14. The maximum atomic E-state index is 3.85. The van der Waals surface area contributed by atoms with Crippen molar-refractivity contribution < 1.29 is 0 Å². The number of rotatable bonds is 3. The Kier molecular flexibility index (Phi) is 4.78. The Morgan fingerprint density at radius 3 is 2.36 bits per heavy atom. The van der Waals surface area contributed by atoms with Gasteiger partial charge in [0.1, 0.15) is 0 Å². The molecule has 2 heteroatoms. The summed E-state index contributed by atoms with van der Waals surface area (Å²) in [4.78, 5) is 1.45. The molecule has 0 saturated heterocycles. The minimum absolute atomic E-state index is 0.0290. The van der Waals surface area contributed by atoms with E-state index in [1.54, 1.807) is 0 Å². The molecule has 176 valence electrons. The van der Waals surface area contributed by atoms with Crippen LogP contribution in [0.2, 0.25) is 0 Å². The molecule has 0 saturated carbocycles. The van der Waals surface area contributed by atoms with Gasteiger partial charge in [-0.2, -0.15) is 0 Å². The normalized spacial score (nSPS) is 17.0. The average Bonchev–Trinajstić information content (AvgIpc) is 3.40. The molecule has 1 heterocycles. The number of thiophene rings is 1. The molecular weight excluding hydrogens is 454 g/mol. The fraction of sp³-hybridized carbons (Fsp3) is 0.176. The topological polar surface area (TPSA) is 12.0 Å². The van der Waals surface area contributed by atoms with E-state index in [2.05, 4.69) is 123 Å². The second-order valence-corrected chi connectivity index (χ2v) is 11.6. The van der Waals surface area contributed by atoms with Crippen LogP contribution in [0.3, 0.4) is 0 Å². The lowest BCUT2D eigenvalue weighted by molar-refractivity contribution is 0.667. The molecule has 0 spiro atoms. The molecule has 0 amide bonds. The smallest absolute Gasteiger partial charge is 0.0488 e. The van der Waals surface area contributed by atoms with E-state index in [-0.39, 0.29) is 11.5 Å². The van der Waals surface area contributed by atoms with Crippen molar-refractivity contribution in [3.05, 3.63) is 112 Å². The fourth-order valence-electron chi connectivity index (χ4n) is 6.29. The molecule has 1 aromatic heterocycles. The van der Waals surface area contributed by atoms with E-state index in [0.717, 1.165) is 6.42 Å². The quantitative estimate of drug-likeness (QED) is 0.278. The molecule has 1 atom stereocenters. The van der Waals surface area contributed by atoms with Crippen LogP contribution in [0.1, 0.15) is 37.0 Å². The van der Waals surface area contributed by atoms with E-state index in [0.29, 0.717) is 0 Å². The summed E-state index contributed by atoms with van der Waals surface area (Å²) in [6.07, 6.45) is 5.71. The van der Waals surface area contributed by atoms with E-state index in [4.69, 9.17) is 0 Å². The predicted molar refractivity (Wildman–Crippen MR) is 156 cm³/mol. The van der Waals surface area contributed by atoms with Gasteiger partial charge in [-0.3, -0.25) is 0 Å². The van der Waals surface area contributed by atoms with Gasteiger partial charge in [-0.1, -0.05) is 105 Å². The van der Waals surface area contributed by atoms with Crippen molar-refractivity contribution in [2.75, 3.05) is 5.32 Å². The number of aryl methyl sites for hydroxylation is 1. The van der Waals surface area contributed by atoms with Gasteiger partial charge in [0.25, 0.3) is 0 Å². The van der Waals surface area contributed by atoms with Crippen molar-refractivity contribution in [2.24, 2.45) is 0 Å². The van der Waals surface area contributed by atoms with Gasteiger partial charge in [0.15, 0.2) is 0 Å². The van der Waals surface area contributed by atoms with Crippen molar-refractivity contribution >= 4 is 39.3 Å². The van der Waals surface area contributed by atoms with Gasteiger partial charge in [-0.25, -0.2) is 0 Å². The van der Waals surface area contributed by atoms with Crippen LogP contribution in [-0.4, -0.2) is 6.04 Å². The summed E-state index contributed by atoms with van der Waals surface area (Å²) < 4.78 is 1.42. The molecule has 0 fully saturated rings. The number of anilines is 1. The zero-order chi connectivity index (χ0) is 24.4. The Bertz CT molecular complexity index is 1790. The lowest BCUT2D eigenvalue weighted by Crippen LogP contribution is -2.33. The lowest BCUT2D eigenvalue weighted by atomic mass is 9.81. The molecule has 36 heavy (non-hydrogen) atoms. The number of benzene rings is 4. The van der Waals surface area contributed by atoms with Gasteiger partial charge in [0.05, 0.1) is 0 Å². The number of para-hydroxylation sites is 1. The summed E-state index contributed by atoms with van der Waals surface area (Å²) in [5.41, 5.74) is 9.55. The highest BCUT2D eigenvalue weighted by molar-refractivity contribution is 7.23. The van der Waals surface area contributed by atoms with E-state index in [1.807, 2.05) is 11.3 Å². The molecule has 2 aliphatic rings. The van der Waals surface area contributed by atoms with E-state index in [1.165, 1.54) is 64.5 Å². The zero-order valence-electron chi connectivity index (χ0n) is 20.9. The van der Waals surface area contributed by atoms with Gasteiger partial charge >= 0.3 is 0 Å². The second-order valence-electron chi connectivity index (χ2n) is 10.6. The van der Waals surface area contributed by atoms with Crippen molar-refractivity contribution in [3.8, 4) is 21.6 Å².